The highest BCUT2D eigenvalue weighted by molar-refractivity contribution is 6.39. The molecule has 6 nitrogen and oxygen atoms in total. The van der Waals surface area contributed by atoms with Gasteiger partial charge < -0.3 is 4.74 Å². The van der Waals surface area contributed by atoms with Crippen LogP contribution in [-0.4, -0.2) is 23.9 Å². The Labute approximate surface area is 171 Å². The van der Waals surface area contributed by atoms with Crippen LogP contribution in [0, 0.1) is 0 Å². The monoisotopic (exact) mass is 418 g/mol. The van der Waals surface area contributed by atoms with Crippen molar-refractivity contribution in [2.45, 2.75) is 20.0 Å². The van der Waals surface area contributed by atoms with E-state index in [-0.39, 0.29) is 17.4 Å². The van der Waals surface area contributed by atoms with Crippen LogP contribution in [0.4, 0.5) is 10.5 Å². The van der Waals surface area contributed by atoms with Gasteiger partial charge >= 0.3 is 6.03 Å². The summed E-state index contributed by atoms with van der Waals surface area (Å²) in [7, 11) is 0. The molecule has 1 aliphatic heterocycles. The van der Waals surface area contributed by atoms with Crippen molar-refractivity contribution in [2.75, 3.05) is 4.90 Å². The summed E-state index contributed by atoms with van der Waals surface area (Å²) in [5.41, 5.74) is 0.570. The van der Waals surface area contributed by atoms with Gasteiger partial charge in [-0.1, -0.05) is 35.3 Å². The molecule has 28 heavy (non-hydrogen) atoms. The zero-order chi connectivity index (χ0) is 20.4. The van der Waals surface area contributed by atoms with E-state index < -0.39 is 17.8 Å². The summed E-state index contributed by atoms with van der Waals surface area (Å²) in [6, 6.07) is 10.3. The number of anilines is 1. The van der Waals surface area contributed by atoms with Gasteiger partial charge in [0.2, 0.25) is 0 Å². The maximum absolute atomic E-state index is 12.8. The molecule has 0 radical (unpaired) electrons. The molecule has 0 spiro atoms. The molecule has 0 bridgehead atoms. The van der Waals surface area contributed by atoms with Gasteiger partial charge in [0.25, 0.3) is 11.8 Å². The number of rotatable bonds is 4. The second kappa shape index (κ2) is 8.04. The normalized spacial score (nSPS) is 16.0. The first-order valence-electron chi connectivity index (χ1n) is 8.39. The van der Waals surface area contributed by atoms with E-state index in [2.05, 4.69) is 5.32 Å². The number of benzene rings is 2. The van der Waals surface area contributed by atoms with Gasteiger partial charge in [-0.3, -0.25) is 14.9 Å². The van der Waals surface area contributed by atoms with Crippen molar-refractivity contribution in [1.82, 2.24) is 5.32 Å². The minimum atomic E-state index is -0.840. The molecule has 0 unspecified atom stereocenters. The van der Waals surface area contributed by atoms with Crippen molar-refractivity contribution in [1.29, 1.82) is 0 Å². The van der Waals surface area contributed by atoms with Gasteiger partial charge in [-0.25, -0.2) is 9.69 Å². The topological polar surface area (TPSA) is 75.7 Å². The Kier molecular flexibility index (Phi) is 5.72. The summed E-state index contributed by atoms with van der Waals surface area (Å²) in [6.07, 6.45) is 1.32. The molecule has 1 aliphatic rings. The molecule has 3 rings (SSSR count). The van der Waals surface area contributed by atoms with E-state index in [1.807, 2.05) is 13.8 Å². The Bertz CT molecular complexity index is 1000. The first kappa shape index (κ1) is 19.9. The average molecular weight is 419 g/mol. The molecule has 1 fully saturated rings. The summed E-state index contributed by atoms with van der Waals surface area (Å²) in [4.78, 5) is 38.1. The molecule has 1 heterocycles. The molecular weight excluding hydrogens is 403 g/mol. The molecule has 4 amide bonds. The van der Waals surface area contributed by atoms with Crippen LogP contribution in [0.3, 0.4) is 0 Å². The van der Waals surface area contributed by atoms with Crippen LogP contribution >= 0.6 is 23.2 Å². The smallest absolute Gasteiger partial charge is 0.335 e. The predicted molar refractivity (Wildman–Crippen MR) is 108 cm³/mol. The lowest BCUT2D eigenvalue weighted by molar-refractivity contribution is -0.122. The summed E-state index contributed by atoms with van der Waals surface area (Å²) in [5.74, 6) is -1.05. The number of halogens is 2. The quantitative estimate of drug-likeness (QED) is 0.587. The molecule has 2 aromatic carbocycles. The van der Waals surface area contributed by atoms with Crippen LogP contribution in [0.1, 0.15) is 19.4 Å². The lowest BCUT2D eigenvalue weighted by Gasteiger charge is -2.26. The molecule has 0 aromatic heterocycles. The van der Waals surface area contributed by atoms with Crippen molar-refractivity contribution in [3.05, 3.63) is 63.6 Å². The van der Waals surface area contributed by atoms with Crippen LogP contribution in [0.15, 0.2) is 48.0 Å². The first-order valence-corrected chi connectivity index (χ1v) is 9.15. The molecule has 1 saturated heterocycles. The zero-order valence-corrected chi connectivity index (χ0v) is 16.5. The maximum atomic E-state index is 12.8. The third-order valence-corrected chi connectivity index (χ3v) is 4.33. The van der Waals surface area contributed by atoms with E-state index in [0.29, 0.717) is 21.4 Å². The second-order valence-corrected chi connectivity index (χ2v) is 7.14. The summed E-state index contributed by atoms with van der Waals surface area (Å²) >= 11 is 12.2. The SMILES string of the molecule is CC(C)Oc1ccc(/C=C2\C(=O)NC(=O)N(c3cccc(Cl)c3)C2=O)cc1Cl. The van der Waals surface area contributed by atoms with Gasteiger partial charge in [0.1, 0.15) is 11.3 Å². The largest absolute Gasteiger partial charge is 0.489 e. The molecule has 1 N–H and O–H groups in total. The van der Waals surface area contributed by atoms with Gasteiger partial charge in [0.15, 0.2) is 0 Å². The Morgan fingerprint density at radius 1 is 1.07 bits per heavy atom. The summed E-state index contributed by atoms with van der Waals surface area (Å²) in [5, 5.41) is 2.86. The molecule has 144 valence electrons. The Balaban J connectivity index is 1.96. The minimum Gasteiger partial charge on any atom is -0.489 e. The number of imide groups is 2. The van der Waals surface area contributed by atoms with Gasteiger partial charge in [-0.2, -0.15) is 0 Å². The van der Waals surface area contributed by atoms with Gasteiger partial charge in [0, 0.05) is 5.02 Å². The fourth-order valence-corrected chi connectivity index (χ4v) is 3.05. The number of nitrogens with one attached hydrogen (secondary N) is 1. The van der Waals surface area contributed by atoms with Crippen molar-refractivity contribution in [3.63, 3.8) is 0 Å². The van der Waals surface area contributed by atoms with Crippen molar-refractivity contribution in [3.8, 4) is 5.75 Å². The van der Waals surface area contributed by atoms with Crippen molar-refractivity contribution < 1.29 is 19.1 Å². The van der Waals surface area contributed by atoms with Crippen LogP contribution in [0.2, 0.25) is 10.0 Å². The zero-order valence-electron chi connectivity index (χ0n) is 15.0. The Morgan fingerprint density at radius 3 is 2.46 bits per heavy atom. The van der Waals surface area contributed by atoms with E-state index in [9.17, 15) is 14.4 Å². The van der Waals surface area contributed by atoms with Crippen molar-refractivity contribution in [2.24, 2.45) is 0 Å². The third-order valence-electron chi connectivity index (χ3n) is 3.80. The fraction of sp³-hybridized carbons (Fsp3) is 0.150. The number of amides is 4. The lowest BCUT2D eigenvalue weighted by atomic mass is 10.1. The Hall–Kier alpha value is -2.83. The standard InChI is InChI=1S/C20H16Cl2N2O4/c1-11(2)28-17-7-6-12(9-16(17)22)8-15-18(25)23-20(27)24(19(15)26)14-5-3-4-13(21)10-14/h3-11H,1-2H3,(H,23,25,27)/b15-8+. The first-order chi connectivity index (χ1) is 13.3. The molecule has 2 aromatic rings. The van der Waals surface area contributed by atoms with E-state index in [1.54, 1.807) is 36.4 Å². The van der Waals surface area contributed by atoms with Crippen LogP contribution in [0.25, 0.3) is 6.08 Å². The Morgan fingerprint density at radius 2 is 1.82 bits per heavy atom. The fourth-order valence-electron chi connectivity index (χ4n) is 2.63. The van der Waals surface area contributed by atoms with Crippen molar-refractivity contribution >= 4 is 52.8 Å². The van der Waals surface area contributed by atoms with Crippen LogP contribution in [0.5, 0.6) is 5.75 Å². The van der Waals surface area contributed by atoms with Gasteiger partial charge in [-0.15, -0.1) is 0 Å². The highest BCUT2D eigenvalue weighted by atomic mass is 35.5. The van der Waals surface area contributed by atoms with E-state index in [4.69, 9.17) is 27.9 Å². The van der Waals surface area contributed by atoms with Gasteiger partial charge in [-0.05, 0) is 55.8 Å². The predicted octanol–water partition coefficient (Wildman–Crippen LogP) is 4.45. The van der Waals surface area contributed by atoms with Gasteiger partial charge in [0.05, 0.1) is 16.8 Å². The number of barbiturate groups is 1. The minimum absolute atomic E-state index is 0.0512. The number of urea groups is 1. The molecular formula is C20H16Cl2N2O4. The molecule has 0 aliphatic carbocycles. The highest BCUT2D eigenvalue weighted by Crippen LogP contribution is 2.29. The third kappa shape index (κ3) is 4.18. The number of carbonyl (C=O) groups excluding carboxylic acids is 3. The number of nitrogens with zero attached hydrogens (tertiary/aromatic N) is 1. The number of carbonyl (C=O) groups is 3. The summed E-state index contributed by atoms with van der Waals surface area (Å²) < 4.78 is 5.57. The van der Waals surface area contributed by atoms with E-state index in [0.717, 1.165) is 4.90 Å². The average Bonchev–Trinajstić information content (AvgIpc) is 2.60. The maximum Gasteiger partial charge on any atom is 0.335 e. The van der Waals surface area contributed by atoms with E-state index in [1.165, 1.54) is 12.1 Å². The molecule has 0 atom stereocenters. The highest BCUT2D eigenvalue weighted by Gasteiger charge is 2.36. The molecule has 8 heteroatoms. The van der Waals surface area contributed by atoms with Crippen LogP contribution in [-0.2, 0) is 9.59 Å². The molecule has 0 saturated carbocycles. The lowest BCUT2D eigenvalue weighted by Crippen LogP contribution is -2.54. The number of ether oxygens (including phenoxy) is 1. The summed E-state index contributed by atoms with van der Waals surface area (Å²) in [6.45, 7) is 3.75. The second-order valence-electron chi connectivity index (χ2n) is 6.29. The number of hydrogen-bond acceptors (Lipinski definition) is 4. The van der Waals surface area contributed by atoms with Crippen LogP contribution < -0.4 is 15.0 Å². The van der Waals surface area contributed by atoms with E-state index >= 15 is 0 Å². The number of hydrogen-bond donors (Lipinski definition) is 1.